The molecular weight excluding hydrogens is 493 g/mol. The number of carbonyl (C=O) groups is 1. The van der Waals surface area contributed by atoms with Crippen LogP contribution in [0, 0.1) is 24.7 Å². The van der Waals surface area contributed by atoms with Gasteiger partial charge in [-0.3, -0.25) is 9.48 Å². The van der Waals surface area contributed by atoms with E-state index < -0.39 is 23.8 Å². The number of fused-ring (bicyclic) bond motifs is 1. The second-order valence-electron chi connectivity index (χ2n) is 9.44. The summed E-state index contributed by atoms with van der Waals surface area (Å²) in [6, 6.07) is 0.361. The highest BCUT2D eigenvalue weighted by molar-refractivity contribution is 5.71. The molecule has 3 aromatic rings. The number of carboxylic acids is 1. The maximum absolute atomic E-state index is 12.9. The molecule has 4 unspecified atom stereocenters. The van der Waals surface area contributed by atoms with Crippen LogP contribution in [0.5, 0.6) is 11.8 Å². The zero-order valence-electron chi connectivity index (χ0n) is 20.1. The lowest BCUT2D eigenvalue weighted by Gasteiger charge is -2.17. The fourth-order valence-corrected chi connectivity index (χ4v) is 5.34. The van der Waals surface area contributed by atoms with Gasteiger partial charge in [0.25, 0.3) is 0 Å². The van der Waals surface area contributed by atoms with Crippen molar-refractivity contribution in [1.29, 1.82) is 0 Å². The van der Waals surface area contributed by atoms with Gasteiger partial charge in [0, 0.05) is 13.2 Å². The molecule has 10 nitrogen and oxygen atoms in total. The van der Waals surface area contributed by atoms with Gasteiger partial charge >= 0.3 is 18.2 Å². The molecule has 0 saturated heterocycles. The molecule has 0 aliphatic heterocycles. The summed E-state index contributed by atoms with van der Waals surface area (Å²) < 4.78 is 51.9. The lowest BCUT2D eigenvalue weighted by Crippen LogP contribution is -2.21. The van der Waals surface area contributed by atoms with Crippen LogP contribution in [0.2, 0.25) is 0 Å². The van der Waals surface area contributed by atoms with Gasteiger partial charge in [0.1, 0.15) is 6.61 Å². The van der Waals surface area contributed by atoms with E-state index in [0.29, 0.717) is 40.9 Å². The van der Waals surface area contributed by atoms with Crippen LogP contribution in [0.1, 0.15) is 42.8 Å². The van der Waals surface area contributed by atoms with Gasteiger partial charge in [-0.1, -0.05) is 0 Å². The summed E-state index contributed by atoms with van der Waals surface area (Å²) in [5.74, 6) is 0.362. The van der Waals surface area contributed by atoms with E-state index in [1.807, 2.05) is 0 Å². The minimum absolute atomic E-state index is 0.0832. The number of halogens is 3. The molecule has 5 rings (SSSR count). The molecule has 2 aliphatic rings. The Morgan fingerprint density at radius 2 is 2.00 bits per heavy atom. The van der Waals surface area contributed by atoms with Crippen molar-refractivity contribution in [2.24, 2.45) is 24.8 Å². The molecule has 4 atom stereocenters. The zero-order chi connectivity index (χ0) is 26.3. The van der Waals surface area contributed by atoms with E-state index in [9.17, 15) is 23.1 Å². The van der Waals surface area contributed by atoms with Gasteiger partial charge in [0.15, 0.2) is 17.3 Å². The van der Waals surface area contributed by atoms with E-state index in [1.54, 1.807) is 26.4 Å². The number of aromatic nitrogens is 6. The molecule has 0 aromatic carbocycles. The maximum atomic E-state index is 12.9. The second-order valence-corrected chi connectivity index (χ2v) is 9.44. The Balaban J connectivity index is 1.28. The Bertz CT molecular complexity index is 1310. The Kier molecular flexibility index (Phi) is 6.46. The van der Waals surface area contributed by atoms with Crippen LogP contribution in [-0.4, -0.2) is 46.9 Å². The average molecular weight is 518 g/mol. The molecule has 13 heteroatoms. The lowest BCUT2D eigenvalue weighted by atomic mass is 9.92. The van der Waals surface area contributed by atoms with E-state index in [2.05, 4.69) is 25.0 Å². The molecule has 2 aliphatic carbocycles. The highest BCUT2D eigenvalue weighted by Gasteiger charge is 2.47. The number of hydrogen-bond donors (Lipinski definition) is 1. The maximum Gasteiger partial charge on any atom is 0.433 e. The first-order chi connectivity index (χ1) is 17.6. The van der Waals surface area contributed by atoms with Gasteiger partial charge in [-0.2, -0.15) is 23.3 Å². The molecule has 0 spiro atoms. The molecular formula is C24H25F3N6O4. The number of hydrogen-bond acceptors (Lipinski definition) is 8. The largest absolute Gasteiger partial charge is 0.487 e. The lowest BCUT2D eigenvalue weighted by molar-refractivity contribution is -0.143. The minimum atomic E-state index is -4.61. The fraction of sp³-hybridized carbons (Fsp3) is 0.500. The van der Waals surface area contributed by atoms with Crippen LogP contribution < -0.4 is 9.47 Å². The van der Waals surface area contributed by atoms with Crippen LogP contribution in [0.4, 0.5) is 13.2 Å². The van der Waals surface area contributed by atoms with Crippen molar-refractivity contribution in [3.05, 3.63) is 41.7 Å². The summed E-state index contributed by atoms with van der Waals surface area (Å²) in [6.45, 7) is 1.64. The number of aliphatic carboxylic acids is 1. The Labute approximate surface area is 209 Å². The standard InChI is InChI=1S/C24H25F3N6O4/c1-12-19(37-14-7-13-3-4-15(22(34)35)16(13)8-14)10-29-21(31-12)17-9-30-33(2)18(17)11-36-23-28-6-5-20(32-23)24(25,26)27/h5-6,9-10,13-16H,3-4,7-8,11H2,1-2H3,(H,34,35). The van der Waals surface area contributed by atoms with Crippen molar-refractivity contribution in [2.45, 2.75) is 51.5 Å². The van der Waals surface area contributed by atoms with E-state index >= 15 is 0 Å². The summed E-state index contributed by atoms with van der Waals surface area (Å²) in [5.41, 5.74) is 0.580. The summed E-state index contributed by atoms with van der Waals surface area (Å²) in [5, 5.41) is 13.7. The van der Waals surface area contributed by atoms with Crippen molar-refractivity contribution in [2.75, 3.05) is 0 Å². The number of carboxylic acid groups (broad SMARTS) is 1. The van der Waals surface area contributed by atoms with Gasteiger partial charge in [0.05, 0.1) is 41.4 Å². The molecule has 3 aromatic heterocycles. The molecule has 0 bridgehead atoms. The van der Waals surface area contributed by atoms with E-state index in [0.717, 1.165) is 31.5 Å². The zero-order valence-corrected chi connectivity index (χ0v) is 20.1. The number of alkyl halides is 3. The summed E-state index contributed by atoms with van der Waals surface area (Å²) in [7, 11) is 1.67. The molecule has 37 heavy (non-hydrogen) atoms. The predicted octanol–water partition coefficient (Wildman–Crippen LogP) is 3.84. The third-order valence-electron chi connectivity index (χ3n) is 7.18. The quantitative estimate of drug-likeness (QED) is 0.497. The van der Waals surface area contributed by atoms with Crippen molar-refractivity contribution in [1.82, 2.24) is 29.7 Å². The third-order valence-corrected chi connectivity index (χ3v) is 7.18. The van der Waals surface area contributed by atoms with Crippen LogP contribution in [0.15, 0.2) is 24.7 Å². The summed E-state index contributed by atoms with van der Waals surface area (Å²) >= 11 is 0. The predicted molar refractivity (Wildman–Crippen MR) is 121 cm³/mol. The van der Waals surface area contributed by atoms with Crippen molar-refractivity contribution in [3.8, 4) is 23.1 Å². The molecule has 3 heterocycles. The topological polar surface area (TPSA) is 125 Å². The molecule has 0 amide bonds. The number of ether oxygens (including phenoxy) is 2. The van der Waals surface area contributed by atoms with Crippen LogP contribution in [-0.2, 0) is 24.6 Å². The van der Waals surface area contributed by atoms with E-state index in [-0.39, 0.29) is 24.5 Å². The van der Waals surface area contributed by atoms with Gasteiger partial charge in [-0.05, 0) is 50.5 Å². The van der Waals surface area contributed by atoms with Crippen molar-refractivity contribution < 1.29 is 32.5 Å². The third kappa shape index (κ3) is 5.07. The van der Waals surface area contributed by atoms with E-state index in [4.69, 9.17) is 9.47 Å². The smallest absolute Gasteiger partial charge is 0.433 e. The van der Waals surface area contributed by atoms with E-state index in [1.165, 1.54) is 4.68 Å². The fourth-order valence-electron chi connectivity index (χ4n) is 5.34. The first kappa shape index (κ1) is 24.9. The molecule has 196 valence electrons. The number of rotatable bonds is 7. The number of aryl methyl sites for hydroxylation is 2. The SMILES string of the molecule is Cc1nc(-c2cnn(C)c2COc2nccc(C(F)(F)F)n2)ncc1OC1CC2CCC(C(=O)O)C2C1. The Morgan fingerprint density at radius 1 is 1.19 bits per heavy atom. The van der Waals surface area contributed by atoms with Gasteiger partial charge in [-0.25, -0.2) is 15.0 Å². The minimum Gasteiger partial charge on any atom is -0.487 e. The first-order valence-electron chi connectivity index (χ1n) is 11.9. The Morgan fingerprint density at radius 3 is 2.73 bits per heavy atom. The average Bonchev–Trinajstić information content (AvgIpc) is 3.52. The Hall–Kier alpha value is -3.77. The highest BCUT2D eigenvalue weighted by Crippen LogP contribution is 2.48. The van der Waals surface area contributed by atoms with Crippen LogP contribution in [0.25, 0.3) is 11.4 Å². The van der Waals surface area contributed by atoms with Gasteiger partial charge in [0.2, 0.25) is 0 Å². The highest BCUT2D eigenvalue weighted by atomic mass is 19.4. The monoisotopic (exact) mass is 518 g/mol. The van der Waals surface area contributed by atoms with Crippen LogP contribution >= 0.6 is 0 Å². The second kappa shape index (κ2) is 9.60. The molecule has 2 saturated carbocycles. The first-order valence-corrected chi connectivity index (χ1v) is 11.9. The van der Waals surface area contributed by atoms with Crippen molar-refractivity contribution >= 4 is 5.97 Å². The summed E-state index contributed by atoms with van der Waals surface area (Å²) in [4.78, 5) is 27.7. The molecule has 0 radical (unpaired) electrons. The van der Waals surface area contributed by atoms with Gasteiger partial charge in [-0.15, -0.1) is 0 Å². The van der Waals surface area contributed by atoms with Gasteiger partial charge < -0.3 is 14.6 Å². The van der Waals surface area contributed by atoms with Crippen LogP contribution in [0.3, 0.4) is 0 Å². The molecule has 1 N–H and O–H groups in total. The molecule has 2 fully saturated rings. The normalized spacial score (nSPS) is 23.2. The number of nitrogens with zero attached hydrogens (tertiary/aromatic N) is 6. The summed E-state index contributed by atoms with van der Waals surface area (Å²) in [6.07, 6.45) is 2.57. The van der Waals surface area contributed by atoms with Crippen molar-refractivity contribution in [3.63, 3.8) is 0 Å².